The van der Waals surface area contributed by atoms with Gasteiger partial charge < -0.3 is 26.2 Å². The molecule has 2 aliphatic rings. The summed E-state index contributed by atoms with van der Waals surface area (Å²) < 4.78 is 15.5. The Morgan fingerprint density at radius 3 is 2.49 bits per heavy atom. The zero-order valence-electron chi connectivity index (χ0n) is 23.2. The van der Waals surface area contributed by atoms with E-state index in [-0.39, 0.29) is 31.4 Å². The van der Waals surface area contributed by atoms with Gasteiger partial charge in [0, 0.05) is 26.0 Å². The van der Waals surface area contributed by atoms with Gasteiger partial charge in [0.1, 0.15) is 23.9 Å². The molecule has 0 radical (unpaired) electrons. The van der Waals surface area contributed by atoms with Crippen LogP contribution in [0.3, 0.4) is 0 Å². The average molecular weight is 614 g/mol. The van der Waals surface area contributed by atoms with E-state index in [0.717, 1.165) is 11.1 Å². The van der Waals surface area contributed by atoms with Crippen molar-refractivity contribution in [2.75, 3.05) is 11.9 Å². The number of nitrogens with one attached hydrogen (secondary N) is 3. The van der Waals surface area contributed by atoms with Crippen molar-refractivity contribution in [3.63, 3.8) is 0 Å². The first-order chi connectivity index (χ1) is 20.4. The monoisotopic (exact) mass is 613 g/mol. The summed E-state index contributed by atoms with van der Waals surface area (Å²) in [6.45, 7) is 0. The molecule has 2 aliphatic heterocycles. The van der Waals surface area contributed by atoms with Crippen LogP contribution in [0.15, 0.2) is 48.5 Å². The Morgan fingerprint density at radius 1 is 1.14 bits per heavy atom. The van der Waals surface area contributed by atoms with Crippen LogP contribution in [-0.2, 0) is 41.4 Å². The summed E-state index contributed by atoms with van der Waals surface area (Å²) in [6.07, 6.45) is 3.51. The highest BCUT2D eigenvalue weighted by Gasteiger charge is 2.44. The van der Waals surface area contributed by atoms with E-state index in [1.165, 1.54) is 48.4 Å². The van der Waals surface area contributed by atoms with Gasteiger partial charge in [-0.2, -0.15) is 0 Å². The highest BCUT2D eigenvalue weighted by atomic mass is 31.2. The van der Waals surface area contributed by atoms with E-state index in [2.05, 4.69) is 20.5 Å². The average Bonchev–Trinajstić information content (AvgIpc) is 3.29. The van der Waals surface area contributed by atoms with Gasteiger partial charge in [-0.05, 0) is 54.2 Å². The lowest BCUT2D eigenvalue weighted by atomic mass is 10.0. The van der Waals surface area contributed by atoms with Crippen LogP contribution in [-0.4, -0.2) is 64.5 Å². The number of nitrogens with two attached hydrogens (primary N) is 1. The summed E-state index contributed by atoms with van der Waals surface area (Å²) in [4.78, 5) is 83.0. The Labute approximate surface area is 246 Å². The number of hydrogen-bond acceptors (Lipinski definition) is 7. The number of phosphoric ester groups is 1. The van der Waals surface area contributed by atoms with Crippen molar-refractivity contribution < 1.29 is 42.8 Å². The fourth-order valence-electron chi connectivity index (χ4n) is 5.14. The number of hydrogen-bond donors (Lipinski definition) is 6. The van der Waals surface area contributed by atoms with Crippen molar-refractivity contribution in [3.8, 4) is 5.75 Å². The van der Waals surface area contributed by atoms with Crippen molar-refractivity contribution in [2.45, 2.75) is 50.2 Å². The first kappa shape index (κ1) is 31.4. The number of benzene rings is 2. The van der Waals surface area contributed by atoms with E-state index in [1.807, 2.05) is 18.2 Å². The first-order valence-electron chi connectivity index (χ1n) is 13.4. The largest absolute Gasteiger partial charge is 0.524 e. The van der Waals surface area contributed by atoms with Gasteiger partial charge in [-0.3, -0.25) is 38.7 Å². The number of anilines is 1. The summed E-state index contributed by atoms with van der Waals surface area (Å²) >= 11 is 0. The molecule has 2 aromatic carbocycles. The predicted molar refractivity (Wildman–Crippen MR) is 154 cm³/mol. The normalized spacial score (nSPS) is 18.4. The predicted octanol–water partition coefficient (Wildman–Crippen LogP) is 0.0565. The minimum atomic E-state index is -4.70. The lowest BCUT2D eigenvalue weighted by molar-refractivity contribution is -0.131. The molecule has 0 aromatic heterocycles. The van der Waals surface area contributed by atoms with Crippen LogP contribution in [0.1, 0.15) is 36.0 Å². The van der Waals surface area contributed by atoms with E-state index in [4.69, 9.17) is 15.5 Å². The molecule has 0 fully saturated rings. The second kappa shape index (κ2) is 13.2. The van der Waals surface area contributed by atoms with Gasteiger partial charge in [-0.1, -0.05) is 30.3 Å². The van der Waals surface area contributed by atoms with Crippen LogP contribution < -0.4 is 31.1 Å². The number of primary amides is 1. The van der Waals surface area contributed by atoms with Crippen LogP contribution in [0.2, 0.25) is 0 Å². The van der Waals surface area contributed by atoms with Crippen molar-refractivity contribution in [2.24, 2.45) is 5.73 Å². The minimum absolute atomic E-state index is 0.00987. The zero-order valence-corrected chi connectivity index (χ0v) is 24.1. The summed E-state index contributed by atoms with van der Waals surface area (Å²) in [6, 6.07) is 8.23. The fourth-order valence-corrected chi connectivity index (χ4v) is 5.54. The SMILES string of the molecule is CNC(=O)[C@H](CCC(N)=O)NC(=O)[C@@H]1Cc2cccc3c2N1C(=O)[C@@H](NC(=O)/C=C/c1ccc(OP(=O)(O)O)cc1)CC3. The molecule has 0 saturated carbocycles. The summed E-state index contributed by atoms with van der Waals surface area (Å²) in [5, 5.41) is 7.82. The molecule has 14 nitrogen and oxygen atoms in total. The van der Waals surface area contributed by atoms with Gasteiger partial charge >= 0.3 is 7.82 Å². The number of likely N-dealkylation sites (N-methyl/N-ethyl adjacent to an activating group) is 1. The lowest BCUT2D eigenvalue weighted by Gasteiger charge is -2.29. The Hall–Kier alpha value is -4.52. The number of para-hydroxylation sites is 1. The minimum Gasteiger partial charge on any atom is -0.404 e. The molecule has 4 rings (SSSR count). The topological polar surface area (TPSA) is 217 Å². The third kappa shape index (κ3) is 7.86. The summed E-state index contributed by atoms with van der Waals surface area (Å²) in [5.74, 6) is -2.79. The smallest absolute Gasteiger partial charge is 0.404 e. The van der Waals surface area contributed by atoms with Crippen molar-refractivity contribution in [1.82, 2.24) is 16.0 Å². The highest BCUT2D eigenvalue weighted by molar-refractivity contribution is 7.46. The van der Waals surface area contributed by atoms with Gasteiger partial charge in [-0.15, -0.1) is 0 Å². The molecule has 228 valence electrons. The molecule has 43 heavy (non-hydrogen) atoms. The summed E-state index contributed by atoms with van der Waals surface area (Å²) in [7, 11) is -3.30. The molecule has 2 aromatic rings. The maximum Gasteiger partial charge on any atom is 0.524 e. The van der Waals surface area contributed by atoms with Crippen LogP contribution in [0.4, 0.5) is 5.69 Å². The fraction of sp³-hybridized carbons (Fsp3) is 0.321. The zero-order chi connectivity index (χ0) is 31.3. The van der Waals surface area contributed by atoms with Gasteiger partial charge in [0.05, 0.1) is 5.69 Å². The molecule has 0 saturated heterocycles. The highest BCUT2D eigenvalue weighted by Crippen LogP contribution is 2.39. The number of nitrogens with zero attached hydrogens (tertiary/aromatic N) is 1. The molecule has 0 aliphatic carbocycles. The second-order valence-corrected chi connectivity index (χ2v) is 11.3. The van der Waals surface area contributed by atoms with Crippen LogP contribution in [0, 0.1) is 0 Å². The molecule has 5 amide bonds. The molecule has 0 spiro atoms. The number of amides is 5. The van der Waals surface area contributed by atoms with Gasteiger partial charge in [-0.25, -0.2) is 4.57 Å². The van der Waals surface area contributed by atoms with Crippen molar-refractivity contribution >= 4 is 49.1 Å². The molecule has 0 unspecified atom stereocenters. The second-order valence-electron chi connectivity index (χ2n) is 10.1. The van der Waals surface area contributed by atoms with E-state index in [0.29, 0.717) is 17.7 Å². The molecule has 7 N–H and O–H groups in total. The Balaban J connectivity index is 1.49. The molecular formula is C28H32N5O9P. The third-order valence-corrected chi connectivity index (χ3v) is 7.57. The third-order valence-electron chi connectivity index (χ3n) is 7.12. The molecule has 2 heterocycles. The summed E-state index contributed by atoms with van der Waals surface area (Å²) in [5.41, 5.74) is 8.02. The Morgan fingerprint density at radius 2 is 1.84 bits per heavy atom. The van der Waals surface area contributed by atoms with E-state index < -0.39 is 55.5 Å². The Kier molecular flexibility index (Phi) is 9.64. The standard InChI is InChI=1S/C28H32N5O9P/c1-30-26(36)20(12-13-23(29)34)32-27(37)22-15-18-4-2-3-17-8-11-21(28(38)33(22)25(17)18)31-24(35)14-7-16-5-9-19(10-6-16)42-43(39,40)41/h2-7,9-10,14,20-22H,8,11-13,15H2,1H3,(H2,29,34)(H,30,36)(H,31,35)(H,32,37)(H2,39,40,41)/b14-7+/t20-,21-,22-/m0/s1. The van der Waals surface area contributed by atoms with E-state index in [1.54, 1.807) is 0 Å². The number of carbonyl (C=O) groups is 5. The lowest BCUT2D eigenvalue weighted by Crippen LogP contribution is -2.57. The van der Waals surface area contributed by atoms with Crippen LogP contribution in [0.25, 0.3) is 6.08 Å². The van der Waals surface area contributed by atoms with Crippen molar-refractivity contribution in [3.05, 3.63) is 65.2 Å². The number of aryl methyl sites for hydroxylation is 1. The van der Waals surface area contributed by atoms with E-state index >= 15 is 0 Å². The Bertz CT molecular complexity index is 1500. The number of rotatable bonds is 11. The van der Waals surface area contributed by atoms with Crippen LogP contribution >= 0.6 is 7.82 Å². The van der Waals surface area contributed by atoms with Gasteiger partial charge in [0.2, 0.25) is 29.5 Å². The van der Waals surface area contributed by atoms with Gasteiger partial charge in [0.25, 0.3) is 0 Å². The van der Waals surface area contributed by atoms with Crippen molar-refractivity contribution in [1.29, 1.82) is 0 Å². The van der Waals surface area contributed by atoms with Gasteiger partial charge in [0.15, 0.2) is 0 Å². The molecule has 3 atom stereocenters. The first-order valence-corrected chi connectivity index (χ1v) is 15.0. The quantitative estimate of drug-likeness (QED) is 0.149. The molecule has 0 bridgehead atoms. The maximum atomic E-state index is 13.8. The van der Waals surface area contributed by atoms with E-state index in [9.17, 15) is 28.5 Å². The maximum absolute atomic E-state index is 13.8. The number of phosphoric acid groups is 1. The van der Waals surface area contributed by atoms with Crippen LogP contribution in [0.5, 0.6) is 5.75 Å². The molecular weight excluding hydrogens is 581 g/mol. The molecule has 15 heteroatoms. The number of carbonyl (C=O) groups excluding carboxylic acids is 5.